The highest BCUT2D eigenvalue weighted by Gasteiger charge is 2.19. The molecule has 0 fully saturated rings. The molecule has 2 heterocycles. The number of aryl methyl sites for hydroxylation is 2. The van der Waals surface area contributed by atoms with Crippen LogP contribution in [0.25, 0.3) is 16.8 Å². The molecule has 0 saturated heterocycles. The molecule has 3 N–H and O–H groups in total. The number of amides is 1. The van der Waals surface area contributed by atoms with Gasteiger partial charge in [-0.2, -0.15) is 9.36 Å². The van der Waals surface area contributed by atoms with E-state index in [0.29, 0.717) is 24.7 Å². The number of benzene rings is 2. The lowest BCUT2D eigenvalue weighted by Gasteiger charge is -2.20. The minimum Gasteiger partial charge on any atom is -0.327 e. The van der Waals surface area contributed by atoms with Crippen molar-refractivity contribution in [3.05, 3.63) is 69.7 Å². The number of carbonyl (C=O) groups excluding carboxylic acids is 1. The molecule has 160 valence electrons. The molecule has 0 bridgehead atoms. The third-order valence-corrected chi connectivity index (χ3v) is 5.22. The molecule has 10 heteroatoms. The molecule has 1 aliphatic heterocycles. The Morgan fingerprint density at radius 3 is 2.71 bits per heavy atom. The highest BCUT2D eigenvalue weighted by molar-refractivity contribution is 5.95. The highest BCUT2D eigenvalue weighted by atomic mass is 19.1. The van der Waals surface area contributed by atoms with Gasteiger partial charge in [0.05, 0.1) is 12.9 Å². The predicted octanol–water partition coefficient (Wildman–Crippen LogP) is 2.24. The van der Waals surface area contributed by atoms with Gasteiger partial charge in [0, 0.05) is 18.7 Å². The van der Waals surface area contributed by atoms with Crippen LogP contribution in [0.15, 0.2) is 47.0 Å². The van der Waals surface area contributed by atoms with Crippen molar-refractivity contribution >= 4 is 11.6 Å². The molecule has 0 radical (unpaired) electrons. The van der Waals surface area contributed by atoms with Crippen molar-refractivity contribution in [1.82, 2.24) is 19.8 Å². The minimum atomic E-state index is -0.709. The number of rotatable bonds is 5. The summed E-state index contributed by atoms with van der Waals surface area (Å²) < 4.78 is 29.4. The molecule has 8 nitrogen and oxygen atoms in total. The van der Waals surface area contributed by atoms with E-state index >= 15 is 0 Å². The van der Waals surface area contributed by atoms with Crippen LogP contribution in [0.2, 0.25) is 0 Å². The van der Waals surface area contributed by atoms with Gasteiger partial charge in [0.25, 0.3) is 0 Å². The van der Waals surface area contributed by atoms with Gasteiger partial charge in [-0.3, -0.25) is 4.79 Å². The van der Waals surface area contributed by atoms with Crippen molar-refractivity contribution in [3.63, 3.8) is 0 Å². The van der Waals surface area contributed by atoms with E-state index in [1.54, 1.807) is 6.07 Å². The van der Waals surface area contributed by atoms with E-state index in [-0.39, 0.29) is 30.3 Å². The SMILES string of the molecule is Cc1cc(-c2ccc(-n3nnn(C/C(=C/F)CN)c3=O)c(F)c2)cc2c1NC(=O)CC2. The number of carbonyl (C=O) groups is 1. The molecular formula is C21H20F2N6O2. The van der Waals surface area contributed by atoms with Crippen LogP contribution in [-0.2, 0) is 17.8 Å². The lowest BCUT2D eigenvalue weighted by atomic mass is 9.93. The first-order chi connectivity index (χ1) is 14.9. The lowest BCUT2D eigenvalue weighted by Crippen LogP contribution is -2.26. The van der Waals surface area contributed by atoms with Gasteiger partial charge in [-0.1, -0.05) is 6.07 Å². The van der Waals surface area contributed by atoms with Crippen LogP contribution in [0, 0.1) is 12.7 Å². The van der Waals surface area contributed by atoms with Crippen molar-refractivity contribution in [2.24, 2.45) is 5.73 Å². The van der Waals surface area contributed by atoms with Crippen molar-refractivity contribution in [3.8, 4) is 16.8 Å². The molecule has 2 aromatic carbocycles. The quantitative estimate of drug-likeness (QED) is 0.651. The molecule has 4 rings (SSSR count). The van der Waals surface area contributed by atoms with Gasteiger partial charge in [0.15, 0.2) is 0 Å². The average Bonchev–Trinajstić information content (AvgIpc) is 3.12. The van der Waals surface area contributed by atoms with Crippen LogP contribution in [0.5, 0.6) is 0 Å². The van der Waals surface area contributed by atoms with Crippen molar-refractivity contribution in [2.45, 2.75) is 26.3 Å². The van der Waals surface area contributed by atoms with Crippen LogP contribution < -0.4 is 16.7 Å². The lowest BCUT2D eigenvalue weighted by molar-refractivity contribution is -0.116. The van der Waals surface area contributed by atoms with E-state index in [1.807, 2.05) is 19.1 Å². The summed E-state index contributed by atoms with van der Waals surface area (Å²) in [6.07, 6.45) is 1.34. The third kappa shape index (κ3) is 3.89. The van der Waals surface area contributed by atoms with Gasteiger partial charge >= 0.3 is 5.69 Å². The predicted molar refractivity (Wildman–Crippen MR) is 111 cm³/mol. The molecule has 0 atom stereocenters. The number of hydrogen-bond donors (Lipinski definition) is 2. The summed E-state index contributed by atoms with van der Waals surface area (Å²) in [5.74, 6) is -0.673. The Labute approximate surface area is 176 Å². The molecule has 0 aliphatic carbocycles. The van der Waals surface area contributed by atoms with E-state index < -0.39 is 11.5 Å². The fourth-order valence-electron chi connectivity index (χ4n) is 3.57. The summed E-state index contributed by atoms with van der Waals surface area (Å²) in [5, 5.41) is 10.2. The normalized spacial score (nSPS) is 13.8. The molecule has 31 heavy (non-hydrogen) atoms. The van der Waals surface area contributed by atoms with Crippen LogP contribution in [-0.4, -0.2) is 32.2 Å². The Kier molecular flexibility index (Phi) is 5.47. The van der Waals surface area contributed by atoms with Crippen molar-refractivity contribution < 1.29 is 13.6 Å². The van der Waals surface area contributed by atoms with Crippen LogP contribution in [0.3, 0.4) is 0 Å². The zero-order chi connectivity index (χ0) is 22.1. The van der Waals surface area contributed by atoms with E-state index in [4.69, 9.17) is 5.73 Å². The monoisotopic (exact) mass is 426 g/mol. The van der Waals surface area contributed by atoms with E-state index in [0.717, 1.165) is 31.7 Å². The number of anilines is 1. The maximum atomic E-state index is 14.9. The number of tetrazole rings is 1. The largest absolute Gasteiger partial charge is 0.368 e. The first-order valence-electron chi connectivity index (χ1n) is 9.66. The summed E-state index contributed by atoms with van der Waals surface area (Å²) in [4.78, 5) is 24.1. The zero-order valence-electron chi connectivity index (χ0n) is 16.7. The van der Waals surface area contributed by atoms with Gasteiger partial charge < -0.3 is 11.1 Å². The Morgan fingerprint density at radius 2 is 2.00 bits per heavy atom. The molecule has 1 aromatic heterocycles. The number of fused-ring (bicyclic) bond motifs is 1. The Bertz CT molecular complexity index is 1260. The molecule has 1 aliphatic rings. The van der Waals surface area contributed by atoms with E-state index in [9.17, 15) is 18.4 Å². The van der Waals surface area contributed by atoms with Gasteiger partial charge in [-0.05, 0) is 75.9 Å². The van der Waals surface area contributed by atoms with Gasteiger partial charge in [0.2, 0.25) is 5.91 Å². The average molecular weight is 426 g/mol. The van der Waals surface area contributed by atoms with Gasteiger partial charge in [-0.25, -0.2) is 13.6 Å². The van der Waals surface area contributed by atoms with E-state index in [1.165, 1.54) is 12.1 Å². The number of nitrogens with zero attached hydrogens (tertiary/aromatic N) is 4. The number of nitrogens with one attached hydrogen (secondary N) is 1. The molecule has 1 amide bonds. The highest BCUT2D eigenvalue weighted by Crippen LogP contribution is 2.32. The second kappa shape index (κ2) is 8.23. The summed E-state index contributed by atoms with van der Waals surface area (Å²) >= 11 is 0. The maximum Gasteiger partial charge on any atom is 0.368 e. The molecule has 0 unspecified atom stereocenters. The standard InChI is InChI=1S/C21H20F2N6O2/c1-12-6-16(7-15-3-5-19(30)25-20(12)15)14-2-4-18(17(23)8-14)29-21(31)28(26-27-29)11-13(9-22)10-24/h2,4,6-9H,3,5,10-11,24H2,1H3,(H,25,30)/b13-9+. The summed E-state index contributed by atoms with van der Waals surface area (Å²) in [7, 11) is 0. The van der Waals surface area contributed by atoms with Gasteiger partial charge in [0.1, 0.15) is 11.5 Å². The van der Waals surface area contributed by atoms with Crippen LogP contribution in [0.1, 0.15) is 17.5 Å². The Balaban J connectivity index is 1.67. The van der Waals surface area contributed by atoms with Crippen LogP contribution in [0.4, 0.5) is 14.5 Å². The summed E-state index contributed by atoms with van der Waals surface area (Å²) in [6.45, 7) is 1.64. The third-order valence-electron chi connectivity index (χ3n) is 5.22. The van der Waals surface area contributed by atoms with Crippen molar-refractivity contribution in [2.75, 3.05) is 11.9 Å². The fourth-order valence-corrected chi connectivity index (χ4v) is 3.57. The number of halogens is 2. The smallest absolute Gasteiger partial charge is 0.327 e. The first kappa shape index (κ1) is 20.6. The summed E-state index contributed by atoms with van der Waals surface area (Å²) in [6, 6.07) is 8.24. The number of hydrogen-bond acceptors (Lipinski definition) is 5. The molecule has 0 saturated carbocycles. The Morgan fingerprint density at radius 1 is 1.19 bits per heavy atom. The van der Waals surface area contributed by atoms with Crippen LogP contribution >= 0.6 is 0 Å². The number of nitrogens with two attached hydrogens (primary N) is 1. The maximum absolute atomic E-state index is 14.9. The topological polar surface area (TPSA) is 108 Å². The number of aromatic nitrogens is 4. The fraction of sp³-hybridized carbons (Fsp3) is 0.238. The zero-order valence-corrected chi connectivity index (χ0v) is 16.7. The second-order valence-electron chi connectivity index (χ2n) is 7.34. The van der Waals surface area contributed by atoms with Crippen molar-refractivity contribution in [1.29, 1.82) is 0 Å². The molecular weight excluding hydrogens is 406 g/mol. The first-order valence-corrected chi connectivity index (χ1v) is 9.66. The van der Waals surface area contributed by atoms with E-state index in [2.05, 4.69) is 15.7 Å². The second-order valence-corrected chi connectivity index (χ2v) is 7.34. The Hall–Kier alpha value is -3.66. The van der Waals surface area contributed by atoms with Gasteiger partial charge in [-0.15, -0.1) is 0 Å². The molecule has 3 aromatic rings. The molecule has 0 spiro atoms. The summed E-state index contributed by atoms with van der Waals surface area (Å²) in [5.41, 5.74) is 8.89. The minimum absolute atomic E-state index is 0.0159.